The first-order valence-electron chi connectivity index (χ1n) is 14.0. The Kier molecular flexibility index (Phi) is 12.9. The maximum Gasteiger partial charge on any atom is 0.303 e. The molecule has 0 N–H and O–H groups in total. The summed E-state index contributed by atoms with van der Waals surface area (Å²) in [5.74, 6) is 3.12. The Morgan fingerprint density at radius 1 is 0.925 bits per heavy atom. The van der Waals surface area contributed by atoms with Gasteiger partial charge in [-0.15, -0.1) is 12.4 Å². The maximum absolute atomic E-state index is 12.4. The number of nitrogens with zero attached hydrogens (tertiary/aromatic N) is 1. The number of unbranched alkanes of at least 4 members (excludes halogenated alkanes) is 1. The van der Waals surface area contributed by atoms with Crippen LogP contribution in [0, 0.1) is 5.92 Å². The number of rotatable bonds is 14. The number of carbonyl (C=O) groups is 1. The minimum absolute atomic E-state index is 0. The number of methoxy groups -OCH3 is 4. The van der Waals surface area contributed by atoms with E-state index in [1.807, 2.05) is 6.07 Å². The largest absolute Gasteiger partial charge is 0.493 e. The van der Waals surface area contributed by atoms with E-state index in [1.165, 1.54) is 23.6 Å². The standard InChI is InChI=1S/C32H47NO6.ClH/c1-22(2)31-26-21-30(38-8)29(37-7)20-25(26)14-15-32(31,39-23(3)34)16-18-33(4)17-10-9-11-24-12-13-27(35-5)28(19-24)36-6;/h12-13,19-22,31H,9-11,14-18H2,1-8H3;1H/t31-,32-;/m0./s1. The molecule has 0 saturated carbocycles. The highest BCUT2D eigenvalue weighted by molar-refractivity contribution is 5.85. The van der Waals surface area contributed by atoms with Crippen LogP contribution in [0.4, 0.5) is 0 Å². The molecule has 0 amide bonds. The minimum Gasteiger partial charge on any atom is -0.493 e. The van der Waals surface area contributed by atoms with E-state index in [4.69, 9.17) is 23.7 Å². The number of halogens is 1. The Hall–Kier alpha value is -2.64. The summed E-state index contributed by atoms with van der Waals surface area (Å²) < 4.78 is 28.2. The summed E-state index contributed by atoms with van der Waals surface area (Å²) in [5.41, 5.74) is 3.14. The highest BCUT2D eigenvalue weighted by atomic mass is 35.5. The van der Waals surface area contributed by atoms with E-state index in [1.54, 1.807) is 28.4 Å². The Labute approximate surface area is 246 Å². The predicted molar refractivity (Wildman–Crippen MR) is 162 cm³/mol. The third kappa shape index (κ3) is 7.97. The molecule has 0 saturated heterocycles. The summed E-state index contributed by atoms with van der Waals surface area (Å²) in [4.78, 5) is 14.8. The van der Waals surface area contributed by atoms with Gasteiger partial charge < -0.3 is 28.6 Å². The lowest BCUT2D eigenvalue weighted by Gasteiger charge is -2.47. The zero-order valence-electron chi connectivity index (χ0n) is 25.5. The van der Waals surface area contributed by atoms with Crippen molar-refractivity contribution in [1.82, 2.24) is 4.90 Å². The molecule has 224 valence electrons. The number of ether oxygens (including phenoxy) is 5. The van der Waals surface area contributed by atoms with Gasteiger partial charge in [-0.2, -0.15) is 0 Å². The fourth-order valence-electron chi connectivity index (χ4n) is 6.17. The highest BCUT2D eigenvalue weighted by Crippen LogP contribution is 2.50. The molecular formula is C32H48ClNO6. The Morgan fingerprint density at radius 3 is 2.15 bits per heavy atom. The molecule has 1 aliphatic carbocycles. The lowest BCUT2D eigenvalue weighted by molar-refractivity contribution is -0.164. The summed E-state index contributed by atoms with van der Waals surface area (Å²) in [5, 5.41) is 0. The van der Waals surface area contributed by atoms with Gasteiger partial charge in [0.2, 0.25) is 0 Å². The van der Waals surface area contributed by atoms with Crippen molar-refractivity contribution >= 4 is 18.4 Å². The van der Waals surface area contributed by atoms with Crippen LogP contribution in [0.2, 0.25) is 0 Å². The summed E-state index contributed by atoms with van der Waals surface area (Å²) >= 11 is 0. The first-order chi connectivity index (χ1) is 18.7. The van der Waals surface area contributed by atoms with E-state index < -0.39 is 5.60 Å². The van der Waals surface area contributed by atoms with E-state index in [2.05, 4.69) is 50.1 Å². The van der Waals surface area contributed by atoms with E-state index in [-0.39, 0.29) is 30.2 Å². The van der Waals surface area contributed by atoms with Gasteiger partial charge in [0.1, 0.15) is 5.60 Å². The number of benzene rings is 2. The Balaban J connectivity index is 0.00000560. The van der Waals surface area contributed by atoms with Crippen molar-refractivity contribution in [3.63, 3.8) is 0 Å². The lowest BCUT2D eigenvalue weighted by Crippen LogP contribution is -2.48. The molecule has 0 aromatic heterocycles. The molecule has 0 radical (unpaired) electrons. The molecule has 0 heterocycles. The smallest absolute Gasteiger partial charge is 0.303 e. The van der Waals surface area contributed by atoms with Crippen molar-refractivity contribution in [2.75, 3.05) is 48.6 Å². The van der Waals surface area contributed by atoms with Crippen LogP contribution in [0.5, 0.6) is 23.0 Å². The molecular weight excluding hydrogens is 530 g/mol. The van der Waals surface area contributed by atoms with Crippen LogP contribution in [0.15, 0.2) is 30.3 Å². The van der Waals surface area contributed by atoms with Crippen molar-refractivity contribution in [3.05, 3.63) is 47.0 Å². The molecule has 0 unspecified atom stereocenters. The predicted octanol–water partition coefficient (Wildman–Crippen LogP) is 6.48. The number of hydrogen-bond acceptors (Lipinski definition) is 7. The van der Waals surface area contributed by atoms with Crippen molar-refractivity contribution < 1.29 is 28.5 Å². The van der Waals surface area contributed by atoms with E-state index in [0.717, 1.165) is 68.9 Å². The quantitative estimate of drug-likeness (QED) is 0.188. The summed E-state index contributed by atoms with van der Waals surface area (Å²) in [6.07, 6.45) is 5.57. The molecule has 8 heteroatoms. The number of fused-ring (bicyclic) bond motifs is 1. The fraction of sp³-hybridized carbons (Fsp3) is 0.594. The molecule has 2 aromatic rings. The summed E-state index contributed by atoms with van der Waals surface area (Å²) in [6, 6.07) is 10.3. The first-order valence-corrected chi connectivity index (χ1v) is 14.0. The first kappa shape index (κ1) is 33.6. The van der Waals surface area contributed by atoms with Crippen molar-refractivity contribution in [2.45, 2.75) is 70.8 Å². The molecule has 3 rings (SSSR count). The number of aryl methyl sites for hydroxylation is 2. The fourth-order valence-corrected chi connectivity index (χ4v) is 6.17. The molecule has 0 aliphatic heterocycles. The second-order valence-corrected chi connectivity index (χ2v) is 11.0. The van der Waals surface area contributed by atoms with Gasteiger partial charge in [0, 0.05) is 25.8 Å². The zero-order chi connectivity index (χ0) is 28.6. The Bertz CT molecular complexity index is 1110. The molecule has 7 nitrogen and oxygen atoms in total. The molecule has 1 aliphatic rings. The average Bonchev–Trinajstić information content (AvgIpc) is 2.92. The van der Waals surface area contributed by atoms with Gasteiger partial charge in [-0.05, 0) is 92.6 Å². The number of esters is 1. The summed E-state index contributed by atoms with van der Waals surface area (Å²) in [6.45, 7) is 7.80. The third-order valence-corrected chi connectivity index (χ3v) is 8.00. The molecule has 0 spiro atoms. The second kappa shape index (κ2) is 15.4. The normalized spacial score (nSPS) is 18.1. The number of carbonyl (C=O) groups excluding carboxylic acids is 1. The van der Waals surface area contributed by atoms with Crippen LogP contribution >= 0.6 is 12.4 Å². The van der Waals surface area contributed by atoms with Crippen LogP contribution in [-0.2, 0) is 22.4 Å². The van der Waals surface area contributed by atoms with Gasteiger partial charge in [-0.3, -0.25) is 4.79 Å². The topological polar surface area (TPSA) is 66.5 Å². The average molecular weight is 578 g/mol. The van der Waals surface area contributed by atoms with Crippen molar-refractivity contribution in [1.29, 1.82) is 0 Å². The molecule has 0 fully saturated rings. The van der Waals surface area contributed by atoms with Gasteiger partial charge >= 0.3 is 5.97 Å². The van der Waals surface area contributed by atoms with E-state index in [9.17, 15) is 4.79 Å². The summed E-state index contributed by atoms with van der Waals surface area (Å²) in [7, 11) is 8.81. The Morgan fingerprint density at radius 2 is 1.55 bits per heavy atom. The van der Waals surface area contributed by atoms with E-state index in [0.29, 0.717) is 5.75 Å². The third-order valence-electron chi connectivity index (χ3n) is 8.00. The van der Waals surface area contributed by atoms with Gasteiger partial charge in [-0.1, -0.05) is 19.9 Å². The van der Waals surface area contributed by atoms with Gasteiger partial charge in [0.25, 0.3) is 0 Å². The van der Waals surface area contributed by atoms with Crippen LogP contribution < -0.4 is 18.9 Å². The monoisotopic (exact) mass is 577 g/mol. The van der Waals surface area contributed by atoms with Crippen LogP contribution in [0.25, 0.3) is 0 Å². The highest BCUT2D eigenvalue weighted by Gasteiger charge is 2.47. The van der Waals surface area contributed by atoms with Crippen LogP contribution in [0.1, 0.15) is 69.1 Å². The van der Waals surface area contributed by atoms with Gasteiger partial charge in [-0.25, -0.2) is 0 Å². The van der Waals surface area contributed by atoms with Gasteiger partial charge in [0.05, 0.1) is 28.4 Å². The SMILES string of the molecule is COc1ccc(CCCCN(C)CC[C@@]2(OC(C)=O)CCc3cc(OC)c(OC)cc3[C@@H]2C(C)C)cc1OC.Cl. The van der Waals surface area contributed by atoms with Crippen molar-refractivity contribution in [2.24, 2.45) is 5.92 Å². The minimum atomic E-state index is -0.555. The number of hydrogen-bond donors (Lipinski definition) is 0. The van der Waals surface area contributed by atoms with Crippen molar-refractivity contribution in [3.8, 4) is 23.0 Å². The maximum atomic E-state index is 12.4. The lowest BCUT2D eigenvalue weighted by atomic mass is 9.65. The van der Waals surface area contributed by atoms with E-state index >= 15 is 0 Å². The molecule has 2 atom stereocenters. The zero-order valence-corrected chi connectivity index (χ0v) is 26.3. The second-order valence-electron chi connectivity index (χ2n) is 11.0. The van der Waals surface area contributed by atoms with Gasteiger partial charge in [0.15, 0.2) is 23.0 Å². The molecule has 0 bridgehead atoms. The van der Waals surface area contributed by atoms with Crippen LogP contribution in [-0.4, -0.2) is 65.0 Å². The molecule has 40 heavy (non-hydrogen) atoms. The van der Waals surface area contributed by atoms with Crippen LogP contribution in [0.3, 0.4) is 0 Å². The molecule has 2 aromatic carbocycles.